The average molecular weight is 238 g/mol. The highest BCUT2D eigenvalue weighted by atomic mass is 16.3. The molecule has 17 heavy (non-hydrogen) atoms. The largest absolute Gasteiger partial charge is 0.396 e. The average Bonchev–Trinajstić information content (AvgIpc) is 2.28. The molecule has 1 aliphatic rings. The van der Waals surface area contributed by atoms with Crippen LogP contribution in [0.4, 0.5) is 0 Å². The zero-order chi connectivity index (χ0) is 12.7. The Hall–Kier alpha value is -0.930. The first-order valence-corrected chi connectivity index (χ1v) is 6.34. The van der Waals surface area contributed by atoms with Gasteiger partial charge in [0.05, 0.1) is 12.7 Å². The van der Waals surface area contributed by atoms with Crippen LogP contribution in [0.5, 0.6) is 0 Å². The van der Waals surface area contributed by atoms with Crippen LogP contribution in [-0.4, -0.2) is 28.7 Å². The van der Waals surface area contributed by atoms with Crippen molar-refractivity contribution in [1.29, 1.82) is 0 Å². The Labute approximate surface area is 103 Å². The van der Waals surface area contributed by atoms with Gasteiger partial charge in [-0.1, -0.05) is 37.6 Å². The minimum atomic E-state index is -0.556. The molecule has 3 atom stereocenters. The molecular weight excluding hydrogens is 216 g/mol. The second-order valence-electron chi connectivity index (χ2n) is 4.61. The van der Waals surface area contributed by atoms with Gasteiger partial charge in [-0.25, -0.2) is 0 Å². The van der Waals surface area contributed by atoms with Gasteiger partial charge in [0, 0.05) is 12.3 Å². The van der Waals surface area contributed by atoms with Crippen molar-refractivity contribution in [3.05, 3.63) is 24.3 Å². The molecule has 1 aliphatic carbocycles. The van der Waals surface area contributed by atoms with Crippen LogP contribution in [-0.2, 0) is 4.79 Å². The van der Waals surface area contributed by atoms with E-state index in [2.05, 4.69) is 13.0 Å². The monoisotopic (exact) mass is 238 g/mol. The highest BCUT2D eigenvalue weighted by Crippen LogP contribution is 2.28. The van der Waals surface area contributed by atoms with E-state index in [0.29, 0.717) is 6.42 Å². The van der Waals surface area contributed by atoms with Gasteiger partial charge in [-0.3, -0.25) is 4.79 Å². The lowest BCUT2D eigenvalue weighted by molar-refractivity contribution is -0.131. The van der Waals surface area contributed by atoms with Crippen LogP contribution in [0.1, 0.15) is 32.6 Å². The zero-order valence-electron chi connectivity index (χ0n) is 10.4. The molecule has 0 bridgehead atoms. The maximum atomic E-state index is 11.6. The molecule has 0 aromatic carbocycles. The van der Waals surface area contributed by atoms with E-state index in [1.54, 1.807) is 0 Å². The van der Waals surface area contributed by atoms with Gasteiger partial charge in [-0.05, 0) is 18.8 Å². The van der Waals surface area contributed by atoms with Crippen molar-refractivity contribution < 1.29 is 15.0 Å². The van der Waals surface area contributed by atoms with E-state index in [-0.39, 0.29) is 30.6 Å². The predicted molar refractivity (Wildman–Crippen MR) is 67.5 cm³/mol. The third-order valence-corrected chi connectivity index (χ3v) is 3.17. The van der Waals surface area contributed by atoms with E-state index in [0.717, 1.165) is 12.8 Å². The molecule has 0 heterocycles. The molecular formula is C14H22O3. The highest BCUT2D eigenvalue weighted by molar-refractivity contribution is 5.83. The van der Waals surface area contributed by atoms with Crippen LogP contribution in [0.2, 0.25) is 0 Å². The predicted octanol–water partition coefficient (Wildman–Crippen LogP) is 1.85. The number of ketones is 1. The van der Waals surface area contributed by atoms with Gasteiger partial charge < -0.3 is 10.2 Å². The summed E-state index contributed by atoms with van der Waals surface area (Å²) in [6.45, 7) is 1.99. The summed E-state index contributed by atoms with van der Waals surface area (Å²) in [4.78, 5) is 11.6. The highest BCUT2D eigenvalue weighted by Gasteiger charge is 2.33. The standard InChI is InChI=1S/C14H22O3/c1-2-3-4-5-6-7-11-8-12(16)9-14(17)13(11)10-15/h4-7,11-13,15-16H,2-3,8-10H2,1H3/b5-4+,7-6+/t11-,12-,13+/m1/s1. The summed E-state index contributed by atoms with van der Waals surface area (Å²) >= 11 is 0. The molecule has 0 spiro atoms. The van der Waals surface area contributed by atoms with Crippen molar-refractivity contribution in [2.75, 3.05) is 6.61 Å². The van der Waals surface area contributed by atoms with E-state index >= 15 is 0 Å². The summed E-state index contributed by atoms with van der Waals surface area (Å²) in [6.07, 6.45) is 10.2. The van der Waals surface area contributed by atoms with Crippen molar-refractivity contribution >= 4 is 5.78 Å². The molecule has 1 rings (SSSR count). The lowest BCUT2D eigenvalue weighted by atomic mass is 9.77. The summed E-state index contributed by atoms with van der Waals surface area (Å²) < 4.78 is 0. The number of hydrogen-bond acceptors (Lipinski definition) is 3. The maximum absolute atomic E-state index is 11.6. The number of aliphatic hydroxyl groups is 2. The van der Waals surface area contributed by atoms with Gasteiger partial charge in [0.1, 0.15) is 5.78 Å². The molecule has 0 radical (unpaired) electrons. The fourth-order valence-corrected chi connectivity index (χ4v) is 2.18. The maximum Gasteiger partial charge on any atom is 0.141 e. The number of hydrogen-bond donors (Lipinski definition) is 2. The Morgan fingerprint density at radius 3 is 2.82 bits per heavy atom. The quantitative estimate of drug-likeness (QED) is 0.719. The third kappa shape index (κ3) is 4.44. The van der Waals surface area contributed by atoms with Gasteiger partial charge in [-0.15, -0.1) is 0 Å². The Kier molecular flexibility index (Phi) is 6.16. The van der Waals surface area contributed by atoms with Crippen molar-refractivity contribution in [1.82, 2.24) is 0 Å². The molecule has 0 amide bonds. The molecule has 96 valence electrons. The lowest BCUT2D eigenvalue weighted by Gasteiger charge is -2.29. The topological polar surface area (TPSA) is 57.5 Å². The molecule has 0 unspecified atom stereocenters. The van der Waals surface area contributed by atoms with Crippen molar-refractivity contribution in [2.45, 2.75) is 38.7 Å². The first-order valence-electron chi connectivity index (χ1n) is 6.34. The fraction of sp³-hybridized carbons (Fsp3) is 0.643. The molecule has 3 nitrogen and oxygen atoms in total. The van der Waals surface area contributed by atoms with E-state index < -0.39 is 6.10 Å². The number of allylic oxidation sites excluding steroid dienone is 4. The smallest absolute Gasteiger partial charge is 0.141 e. The van der Waals surface area contributed by atoms with Crippen LogP contribution < -0.4 is 0 Å². The van der Waals surface area contributed by atoms with Crippen molar-refractivity contribution in [3.8, 4) is 0 Å². The first-order chi connectivity index (χ1) is 8.19. The number of carbonyl (C=O) groups excluding carboxylic acids is 1. The second-order valence-corrected chi connectivity index (χ2v) is 4.61. The Morgan fingerprint density at radius 1 is 1.41 bits per heavy atom. The number of unbranched alkanes of at least 4 members (excludes halogenated alkanes) is 1. The molecule has 2 N–H and O–H groups in total. The van der Waals surface area contributed by atoms with Gasteiger partial charge in [0.25, 0.3) is 0 Å². The van der Waals surface area contributed by atoms with Crippen LogP contribution >= 0.6 is 0 Å². The van der Waals surface area contributed by atoms with Gasteiger partial charge in [0.2, 0.25) is 0 Å². The van der Waals surface area contributed by atoms with E-state index in [4.69, 9.17) is 0 Å². The summed E-state index contributed by atoms with van der Waals surface area (Å²) in [7, 11) is 0. The number of carbonyl (C=O) groups is 1. The molecule has 1 fully saturated rings. The molecule has 0 aromatic heterocycles. The fourth-order valence-electron chi connectivity index (χ4n) is 2.18. The van der Waals surface area contributed by atoms with E-state index in [1.165, 1.54) is 0 Å². The normalized spacial score (nSPS) is 30.5. The molecule has 0 saturated heterocycles. The van der Waals surface area contributed by atoms with Gasteiger partial charge in [-0.2, -0.15) is 0 Å². The summed E-state index contributed by atoms with van der Waals surface area (Å²) in [6, 6.07) is 0. The first kappa shape index (κ1) is 14.1. The zero-order valence-corrected chi connectivity index (χ0v) is 10.4. The number of aliphatic hydroxyl groups excluding tert-OH is 2. The van der Waals surface area contributed by atoms with Crippen LogP contribution in [0.15, 0.2) is 24.3 Å². The number of rotatable bonds is 5. The van der Waals surface area contributed by atoms with E-state index in [1.807, 2.05) is 18.2 Å². The lowest BCUT2D eigenvalue weighted by Crippen LogP contribution is -2.36. The van der Waals surface area contributed by atoms with Gasteiger partial charge >= 0.3 is 0 Å². The van der Waals surface area contributed by atoms with Crippen molar-refractivity contribution in [2.24, 2.45) is 11.8 Å². The number of Topliss-reactive ketones (excluding diaryl/α,β-unsaturated/α-hetero) is 1. The summed E-state index contributed by atoms with van der Waals surface area (Å²) in [5.41, 5.74) is 0. The molecule has 0 aliphatic heterocycles. The molecule has 1 saturated carbocycles. The van der Waals surface area contributed by atoms with Gasteiger partial charge in [0.15, 0.2) is 0 Å². The minimum absolute atomic E-state index is 0.0292. The second kappa shape index (κ2) is 7.41. The minimum Gasteiger partial charge on any atom is -0.396 e. The molecule has 0 aromatic rings. The van der Waals surface area contributed by atoms with Crippen LogP contribution in [0, 0.1) is 11.8 Å². The summed E-state index contributed by atoms with van der Waals surface area (Å²) in [5.74, 6) is -0.407. The van der Waals surface area contributed by atoms with Crippen molar-refractivity contribution in [3.63, 3.8) is 0 Å². The summed E-state index contributed by atoms with van der Waals surface area (Å²) in [5, 5.41) is 18.8. The Morgan fingerprint density at radius 2 is 2.18 bits per heavy atom. The Bertz CT molecular complexity index is 294. The molecule has 3 heteroatoms. The van der Waals surface area contributed by atoms with Crippen LogP contribution in [0.3, 0.4) is 0 Å². The Balaban J connectivity index is 2.56. The van der Waals surface area contributed by atoms with Crippen LogP contribution in [0.25, 0.3) is 0 Å². The SMILES string of the molecule is CCC/C=C/C=C/[C@@H]1C[C@@H](O)CC(=O)[C@H]1CO. The third-order valence-electron chi connectivity index (χ3n) is 3.17. The van der Waals surface area contributed by atoms with E-state index in [9.17, 15) is 15.0 Å².